The van der Waals surface area contributed by atoms with Gasteiger partial charge in [0.2, 0.25) is 5.89 Å². The van der Waals surface area contributed by atoms with Crippen molar-refractivity contribution in [3.63, 3.8) is 0 Å². The van der Waals surface area contributed by atoms with Crippen LogP contribution in [-0.2, 0) is 16.0 Å². The first kappa shape index (κ1) is 16.9. The highest BCUT2D eigenvalue weighted by Crippen LogP contribution is 2.22. The lowest BCUT2D eigenvalue weighted by Gasteiger charge is -2.10. The summed E-state index contributed by atoms with van der Waals surface area (Å²) in [7, 11) is 0. The van der Waals surface area contributed by atoms with Gasteiger partial charge in [-0.05, 0) is 49.6 Å². The molecule has 25 heavy (non-hydrogen) atoms. The van der Waals surface area contributed by atoms with Gasteiger partial charge in [-0.25, -0.2) is 0 Å². The van der Waals surface area contributed by atoms with E-state index in [9.17, 15) is 4.79 Å². The van der Waals surface area contributed by atoms with Crippen LogP contribution in [-0.4, -0.2) is 16.2 Å². The van der Waals surface area contributed by atoms with E-state index in [4.69, 9.17) is 9.15 Å². The molecule has 0 N–H and O–H groups in total. The first-order chi connectivity index (χ1) is 12.0. The summed E-state index contributed by atoms with van der Waals surface area (Å²) in [6.07, 6.45) is -0.380. The summed E-state index contributed by atoms with van der Waals surface area (Å²) >= 11 is 0. The van der Waals surface area contributed by atoms with E-state index >= 15 is 0 Å². The second-order valence-corrected chi connectivity index (χ2v) is 6.04. The number of carbonyl (C=O) groups is 1. The van der Waals surface area contributed by atoms with Crippen molar-refractivity contribution in [2.24, 2.45) is 0 Å². The van der Waals surface area contributed by atoms with Crippen LogP contribution in [0.2, 0.25) is 0 Å². The summed E-state index contributed by atoms with van der Waals surface area (Å²) in [6.45, 7) is 5.79. The molecule has 2 aromatic carbocycles. The summed E-state index contributed by atoms with van der Waals surface area (Å²) in [4.78, 5) is 12.2. The van der Waals surface area contributed by atoms with Gasteiger partial charge in [0.15, 0.2) is 6.10 Å². The summed E-state index contributed by atoms with van der Waals surface area (Å²) in [5.41, 5.74) is 4.11. The molecule has 0 aliphatic carbocycles. The van der Waals surface area contributed by atoms with Gasteiger partial charge in [-0.1, -0.05) is 36.4 Å². The van der Waals surface area contributed by atoms with Gasteiger partial charge in [0.1, 0.15) is 0 Å². The molecule has 1 aromatic heterocycles. The number of rotatable bonds is 5. The van der Waals surface area contributed by atoms with Crippen LogP contribution in [0.25, 0.3) is 11.5 Å². The molecule has 1 atom stereocenters. The quantitative estimate of drug-likeness (QED) is 0.653. The summed E-state index contributed by atoms with van der Waals surface area (Å²) in [5.74, 6) is 0.371. The molecule has 3 rings (SSSR count). The molecule has 0 radical (unpaired) electrons. The Kier molecular flexibility index (Phi) is 4.93. The van der Waals surface area contributed by atoms with E-state index in [1.165, 1.54) is 5.56 Å². The van der Waals surface area contributed by atoms with E-state index in [1.54, 1.807) is 6.92 Å². The zero-order chi connectivity index (χ0) is 17.8. The lowest BCUT2D eigenvalue weighted by Crippen LogP contribution is -2.12. The van der Waals surface area contributed by atoms with Gasteiger partial charge in [0, 0.05) is 5.56 Å². The van der Waals surface area contributed by atoms with Crippen LogP contribution in [0.3, 0.4) is 0 Å². The van der Waals surface area contributed by atoms with E-state index in [1.807, 2.05) is 62.4 Å². The fourth-order valence-electron chi connectivity index (χ4n) is 2.47. The molecule has 0 bridgehead atoms. The van der Waals surface area contributed by atoms with Crippen molar-refractivity contribution in [2.75, 3.05) is 0 Å². The number of hydrogen-bond acceptors (Lipinski definition) is 5. The Hall–Kier alpha value is -2.95. The third kappa shape index (κ3) is 4.12. The Labute approximate surface area is 146 Å². The topological polar surface area (TPSA) is 65.2 Å². The molecule has 128 valence electrons. The predicted molar refractivity (Wildman–Crippen MR) is 93.9 cm³/mol. The van der Waals surface area contributed by atoms with Crippen LogP contribution in [0.4, 0.5) is 0 Å². The Morgan fingerprint density at radius 3 is 2.56 bits per heavy atom. The van der Waals surface area contributed by atoms with Crippen LogP contribution in [0, 0.1) is 13.8 Å². The Balaban J connectivity index is 1.63. The fraction of sp³-hybridized carbons (Fsp3) is 0.250. The number of aryl methyl sites for hydroxylation is 2. The molecule has 0 unspecified atom stereocenters. The molecule has 5 nitrogen and oxygen atoms in total. The van der Waals surface area contributed by atoms with Crippen LogP contribution in [0.5, 0.6) is 0 Å². The number of aromatic nitrogens is 2. The molecule has 1 heterocycles. The highest BCUT2D eigenvalue weighted by Gasteiger charge is 2.19. The second kappa shape index (κ2) is 7.30. The summed E-state index contributed by atoms with van der Waals surface area (Å²) in [6, 6.07) is 15.4. The van der Waals surface area contributed by atoms with Crippen LogP contribution >= 0.6 is 0 Å². The minimum atomic E-state index is -0.594. The zero-order valence-electron chi connectivity index (χ0n) is 14.5. The molecule has 0 amide bonds. The van der Waals surface area contributed by atoms with Crippen LogP contribution in [0.1, 0.15) is 35.6 Å². The maximum absolute atomic E-state index is 12.2. The standard InChI is InChI=1S/C20H20N2O3/c1-13-9-10-16(11-14(13)2)12-18(23)24-15(3)19-21-22-20(25-19)17-7-5-4-6-8-17/h4-11,15H,12H2,1-3H3/t15-/m1/s1. The van der Waals surface area contributed by atoms with Gasteiger partial charge in [-0.15, -0.1) is 10.2 Å². The maximum Gasteiger partial charge on any atom is 0.311 e. The molecule has 0 spiro atoms. The van der Waals surface area contributed by atoms with Gasteiger partial charge in [-0.2, -0.15) is 0 Å². The van der Waals surface area contributed by atoms with Gasteiger partial charge >= 0.3 is 5.97 Å². The number of benzene rings is 2. The van der Waals surface area contributed by atoms with E-state index in [-0.39, 0.29) is 18.3 Å². The van der Waals surface area contributed by atoms with Gasteiger partial charge in [0.25, 0.3) is 5.89 Å². The van der Waals surface area contributed by atoms with Gasteiger partial charge in [0.05, 0.1) is 6.42 Å². The maximum atomic E-state index is 12.2. The van der Waals surface area contributed by atoms with E-state index in [0.29, 0.717) is 5.89 Å². The number of carbonyl (C=O) groups excluding carboxylic acids is 1. The Bertz CT molecular complexity index is 872. The van der Waals surface area contributed by atoms with Crippen LogP contribution in [0.15, 0.2) is 52.9 Å². The first-order valence-corrected chi connectivity index (χ1v) is 8.17. The normalized spacial score (nSPS) is 12.0. The Morgan fingerprint density at radius 1 is 1.08 bits per heavy atom. The average Bonchev–Trinajstić information content (AvgIpc) is 3.09. The monoisotopic (exact) mass is 336 g/mol. The average molecular weight is 336 g/mol. The van der Waals surface area contributed by atoms with Crippen molar-refractivity contribution >= 4 is 5.97 Å². The molecular weight excluding hydrogens is 316 g/mol. The summed E-state index contributed by atoms with van der Waals surface area (Å²) in [5, 5.41) is 8.00. The summed E-state index contributed by atoms with van der Waals surface area (Å²) < 4.78 is 11.0. The largest absolute Gasteiger partial charge is 0.452 e. The van der Waals surface area contributed by atoms with Crippen molar-refractivity contribution in [3.8, 4) is 11.5 Å². The molecule has 0 saturated carbocycles. The number of hydrogen-bond donors (Lipinski definition) is 0. The first-order valence-electron chi connectivity index (χ1n) is 8.17. The highest BCUT2D eigenvalue weighted by atomic mass is 16.6. The fourth-order valence-corrected chi connectivity index (χ4v) is 2.47. The molecular formula is C20H20N2O3. The predicted octanol–water partition coefficient (Wildman–Crippen LogP) is 4.20. The minimum absolute atomic E-state index is 0.213. The highest BCUT2D eigenvalue weighted by molar-refractivity contribution is 5.72. The molecule has 3 aromatic rings. The number of ether oxygens (including phenoxy) is 1. The van der Waals surface area contributed by atoms with Gasteiger partial charge in [-0.3, -0.25) is 4.79 Å². The molecule has 0 fully saturated rings. The second-order valence-electron chi connectivity index (χ2n) is 6.04. The lowest BCUT2D eigenvalue weighted by atomic mass is 10.0. The van der Waals surface area contributed by atoms with Crippen molar-refractivity contribution in [2.45, 2.75) is 33.3 Å². The van der Waals surface area contributed by atoms with Gasteiger partial charge < -0.3 is 9.15 Å². The van der Waals surface area contributed by atoms with Crippen molar-refractivity contribution in [1.29, 1.82) is 0 Å². The zero-order valence-corrected chi connectivity index (χ0v) is 14.5. The van der Waals surface area contributed by atoms with E-state index < -0.39 is 6.10 Å². The number of nitrogens with zero attached hydrogens (tertiary/aromatic N) is 2. The Morgan fingerprint density at radius 2 is 1.84 bits per heavy atom. The van der Waals surface area contributed by atoms with E-state index in [0.717, 1.165) is 16.7 Å². The van der Waals surface area contributed by atoms with Crippen molar-refractivity contribution in [3.05, 3.63) is 71.1 Å². The third-order valence-corrected chi connectivity index (χ3v) is 4.04. The number of esters is 1. The smallest absolute Gasteiger partial charge is 0.311 e. The van der Waals surface area contributed by atoms with Crippen molar-refractivity contribution in [1.82, 2.24) is 10.2 Å². The molecule has 0 aliphatic rings. The third-order valence-electron chi connectivity index (χ3n) is 4.04. The lowest BCUT2D eigenvalue weighted by molar-refractivity contribution is -0.148. The molecule has 0 aliphatic heterocycles. The van der Waals surface area contributed by atoms with Crippen LogP contribution < -0.4 is 0 Å². The molecule has 5 heteroatoms. The van der Waals surface area contributed by atoms with Crippen molar-refractivity contribution < 1.29 is 13.9 Å². The van der Waals surface area contributed by atoms with E-state index in [2.05, 4.69) is 10.2 Å². The minimum Gasteiger partial charge on any atom is -0.452 e. The molecule has 0 saturated heterocycles. The SMILES string of the molecule is Cc1ccc(CC(=O)O[C@H](C)c2nnc(-c3ccccc3)o2)cc1C.